The first-order chi connectivity index (χ1) is 20.7. The number of hydrogen-bond donors (Lipinski definition) is 0. The van der Waals surface area contributed by atoms with Crippen molar-refractivity contribution in [2.75, 3.05) is 0 Å². The number of hydrogen-bond acceptors (Lipinski definition) is 0. The summed E-state index contributed by atoms with van der Waals surface area (Å²) in [5, 5.41) is 5.54. The van der Waals surface area contributed by atoms with Gasteiger partial charge in [-0.05, 0) is 12.8 Å². The summed E-state index contributed by atoms with van der Waals surface area (Å²) in [6.07, 6.45) is 10.6. The fraction of sp³-hybridized carbons (Fsp3) is 0.122. The van der Waals surface area contributed by atoms with Crippen LogP contribution in [0, 0.1) is 6.08 Å². The van der Waals surface area contributed by atoms with Gasteiger partial charge in [-0.2, -0.15) is 11.6 Å². The molecule has 0 aliphatic heterocycles. The van der Waals surface area contributed by atoms with Crippen molar-refractivity contribution in [1.82, 2.24) is 0 Å². The molecule has 6 aromatic carbocycles. The third-order valence-electron chi connectivity index (χ3n) is 7.58. The minimum absolute atomic E-state index is 0. The van der Waals surface area contributed by atoms with Gasteiger partial charge in [0.2, 0.25) is 0 Å². The first kappa shape index (κ1) is 35.3. The summed E-state index contributed by atoms with van der Waals surface area (Å²) in [5.74, 6) is 0. The van der Waals surface area contributed by atoms with Crippen LogP contribution in [0.25, 0.3) is 27.1 Å². The van der Waals surface area contributed by atoms with Crippen LogP contribution < -0.4 is 24.8 Å². The quantitative estimate of drug-likeness (QED) is 0.234. The molecule has 6 aromatic rings. The van der Waals surface area contributed by atoms with E-state index in [0.717, 1.165) is 19.3 Å². The number of halogens is 2. The van der Waals surface area contributed by atoms with Gasteiger partial charge in [0.25, 0.3) is 0 Å². The molecule has 0 unspecified atom stereocenters. The van der Waals surface area contributed by atoms with Gasteiger partial charge in [0.05, 0.1) is 0 Å². The summed E-state index contributed by atoms with van der Waals surface area (Å²) in [5.41, 5.74) is 8.09. The van der Waals surface area contributed by atoms with E-state index in [0.29, 0.717) is 0 Å². The molecule has 1 aliphatic rings. The summed E-state index contributed by atoms with van der Waals surface area (Å²) in [6.45, 7) is 4.41. The molecule has 0 fully saturated rings. The van der Waals surface area contributed by atoms with E-state index in [-0.39, 0.29) is 24.8 Å². The molecule has 3 heteroatoms. The number of allylic oxidation sites excluding steroid dienone is 4. The summed E-state index contributed by atoms with van der Waals surface area (Å²) in [6, 6.07) is 47.5. The monoisotopic (exact) mass is 688 g/mol. The van der Waals surface area contributed by atoms with E-state index < -0.39 is 0 Å². The molecule has 0 amide bonds. The molecule has 0 N–H and O–H groups in total. The normalized spacial score (nSPS) is 11.3. The van der Waals surface area contributed by atoms with Crippen LogP contribution in [0.15, 0.2) is 146 Å². The third kappa shape index (κ3) is 9.15. The van der Waals surface area contributed by atoms with Crippen molar-refractivity contribution in [2.24, 2.45) is 0 Å². The van der Waals surface area contributed by atoms with Gasteiger partial charge in [-0.25, -0.2) is 6.08 Å². The van der Waals surface area contributed by atoms with Crippen LogP contribution in [-0.2, 0) is 37.1 Å². The third-order valence-corrected chi connectivity index (χ3v) is 9.00. The van der Waals surface area contributed by atoms with Crippen LogP contribution in [-0.4, -0.2) is 3.21 Å². The maximum atomic E-state index is 3.15. The molecule has 1 aliphatic carbocycles. The fourth-order valence-corrected chi connectivity index (χ4v) is 5.99. The molecule has 0 saturated heterocycles. The molecule has 7 rings (SSSR count). The summed E-state index contributed by atoms with van der Waals surface area (Å²) >= 11 is 1.46. The van der Waals surface area contributed by atoms with Crippen molar-refractivity contribution in [1.29, 1.82) is 0 Å². The van der Waals surface area contributed by atoms with E-state index in [1.54, 1.807) is 0 Å². The van der Waals surface area contributed by atoms with Crippen molar-refractivity contribution < 1.29 is 49.0 Å². The topological polar surface area (TPSA) is 0 Å². The van der Waals surface area contributed by atoms with Crippen LogP contribution in [0.4, 0.5) is 0 Å². The molecule has 0 nitrogen and oxygen atoms in total. The Bertz CT molecular complexity index is 1720. The molecule has 0 atom stereocenters. The molecule has 0 radical (unpaired) electrons. The predicted molar refractivity (Wildman–Crippen MR) is 179 cm³/mol. The molecular formula is C41H36Cl2Zr-2. The van der Waals surface area contributed by atoms with Crippen LogP contribution in [0.5, 0.6) is 0 Å². The molecule has 220 valence electrons. The van der Waals surface area contributed by atoms with Gasteiger partial charge in [0.1, 0.15) is 0 Å². The Labute approximate surface area is 290 Å². The standard InChI is InChI=1S/C17H17.C13H10.C11H9.2ClH.Zr/c1-3-12-5-7-16-14(9-12)11-15-10-13(4-2)6-8-17(15)16;1-3-7-12(8-4-1)11-13-9-5-2-6-10-13;1-2-6-10(7-3-1)11-8-4-5-9-11;;;/h5-11H,3-4H2,1-2H3;1-10H;1-3,6-9H,4H2;2*1H;/q-1;;-1;;;+2/p-2. The molecule has 0 bridgehead atoms. The Balaban J connectivity index is 0.000000180. The summed E-state index contributed by atoms with van der Waals surface area (Å²) < 4.78 is 1.42. The van der Waals surface area contributed by atoms with Gasteiger partial charge < -0.3 is 24.8 Å². The van der Waals surface area contributed by atoms with Crippen molar-refractivity contribution >= 4 is 30.3 Å². The average Bonchev–Trinajstić information content (AvgIpc) is 3.74. The SMILES string of the molecule is CCc1ccc2c(c1)[cH-]c1cc(CC)ccc12.[C-]1=CC(c2ccccc2)=CC1.[Cl-].[Cl-].[Zr+2]=[C](c1ccccc1)c1ccccc1. The van der Waals surface area contributed by atoms with Gasteiger partial charge in [0.15, 0.2) is 0 Å². The van der Waals surface area contributed by atoms with E-state index >= 15 is 0 Å². The Morgan fingerprint density at radius 2 is 1.09 bits per heavy atom. The number of benzene rings is 5. The summed E-state index contributed by atoms with van der Waals surface area (Å²) in [7, 11) is 0. The van der Waals surface area contributed by atoms with Gasteiger partial charge in [-0.15, -0.1) is 51.7 Å². The molecule has 0 aromatic heterocycles. The number of fused-ring (bicyclic) bond motifs is 3. The second-order valence-corrected chi connectivity index (χ2v) is 11.6. The molecule has 0 spiro atoms. The Kier molecular flexibility index (Phi) is 14.4. The van der Waals surface area contributed by atoms with Crippen molar-refractivity contribution in [3.63, 3.8) is 0 Å². The van der Waals surface area contributed by atoms with E-state index in [1.807, 2.05) is 6.07 Å². The zero-order chi connectivity index (χ0) is 29.1. The average molecular weight is 691 g/mol. The predicted octanol–water partition coefficient (Wildman–Crippen LogP) is 4.48. The van der Waals surface area contributed by atoms with Crippen LogP contribution in [0.2, 0.25) is 0 Å². The van der Waals surface area contributed by atoms with Crippen molar-refractivity contribution in [3.05, 3.63) is 180 Å². The van der Waals surface area contributed by atoms with Crippen LogP contribution in [0.3, 0.4) is 0 Å². The van der Waals surface area contributed by atoms with E-state index in [9.17, 15) is 0 Å². The molecule has 44 heavy (non-hydrogen) atoms. The van der Waals surface area contributed by atoms with Gasteiger partial charge >= 0.3 is 99.2 Å². The first-order valence-electron chi connectivity index (χ1n) is 14.8. The molecule has 0 heterocycles. The second-order valence-electron chi connectivity index (χ2n) is 10.4. The van der Waals surface area contributed by atoms with E-state index in [1.165, 1.54) is 82.4 Å². The molecular weight excluding hydrogens is 655 g/mol. The minimum atomic E-state index is 0. The van der Waals surface area contributed by atoms with Crippen molar-refractivity contribution in [2.45, 2.75) is 33.1 Å². The maximum absolute atomic E-state index is 3.15. The van der Waals surface area contributed by atoms with Crippen molar-refractivity contribution in [3.8, 4) is 0 Å². The van der Waals surface area contributed by atoms with E-state index in [4.69, 9.17) is 0 Å². The van der Waals surface area contributed by atoms with Crippen LogP contribution >= 0.6 is 0 Å². The number of rotatable bonds is 5. The fourth-order valence-electron chi connectivity index (χ4n) is 5.17. The Hall–Kier alpha value is -3.22. The van der Waals surface area contributed by atoms with E-state index in [2.05, 4.69) is 159 Å². The Morgan fingerprint density at radius 1 is 0.636 bits per heavy atom. The molecule has 0 saturated carbocycles. The zero-order valence-corrected chi connectivity index (χ0v) is 29.2. The Morgan fingerprint density at radius 3 is 1.50 bits per heavy atom. The van der Waals surface area contributed by atoms with Gasteiger partial charge in [-0.1, -0.05) is 79.6 Å². The summed E-state index contributed by atoms with van der Waals surface area (Å²) in [4.78, 5) is 0. The number of aryl methyl sites for hydroxylation is 2. The van der Waals surface area contributed by atoms with Crippen LogP contribution in [0.1, 0.15) is 48.1 Å². The second kappa shape index (κ2) is 17.9. The first-order valence-corrected chi connectivity index (χ1v) is 16.0. The van der Waals surface area contributed by atoms with Gasteiger partial charge in [0, 0.05) is 0 Å². The zero-order valence-electron chi connectivity index (χ0n) is 25.2. The van der Waals surface area contributed by atoms with Gasteiger partial charge in [-0.3, -0.25) is 6.08 Å².